The van der Waals surface area contributed by atoms with Crippen molar-refractivity contribution < 1.29 is 18.0 Å². The van der Waals surface area contributed by atoms with Gasteiger partial charge in [0.25, 0.3) is 5.91 Å². The van der Waals surface area contributed by atoms with Crippen LogP contribution in [0.5, 0.6) is 0 Å². The molecule has 6 nitrogen and oxygen atoms in total. The van der Waals surface area contributed by atoms with E-state index in [1.165, 1.54) is 0 Å². The zero-order chi connectivity index (χ0) is 17.3. The molecule has 3 rings (SSSR count). The topological polar surface area (TPSA) is 56.0 Å². The molecular formula is C15H16F3N5O. The number of carbonyl (C=O) groups is 1. The van der Waals surface area contributed by atoms with Crippen LogP contribution in [0.1, 0.15) is 22.6 Å². The number of alkyl halides is 3. The lowest BCUT2D eigenvalue weighted by molar-refractivity contribution is -0.140. The van der Waals surface area contributed by atoms with Crippen LogP contribution in [0.3, 0.4) is 0 Å². The lowest BCUT2D eigenvalue weighted by Crippen LogP contribution is -2.35. The number of halogens is 3. The van der Waals surface area contributed by atoms with Gasteiger partial charge in [-0.1, -0.05) is 6.08 Å². The zero-order valence-electron chi connectivity index (χ0n) is 13.0. The predicted octanol–water partition coefficient (Wildman–Crippen LogP) is 2.11. The fraction of sp³-hybridized carbons (Fsp3) is 0.400. The van der Waals surface area contributed by atoms with Crippen molar-refractivity contribution in [1.29, 1.82) is 0 Å². The van der Waals surface area contributed by atoms with E-state index in [1.54, 1.807) is 15.8 Å². The summed E-state index contributed by atoms with van der Waals surface area (Å²) in [6.45, 7) is -0.273. The molecule has 1 aliphatic heterocycles. The third-order valence-electron chi connectivity index (χ3n) is 3.86. The maximum Gasteiger partial charge on any atom is 0.406 e. The molecule has 2 aromatic heterocycles. The van der Waals surface area contributed by atoms with Crippen LogP contribution in [0.25, 0.3) is 5.57 Å². The highest BCUT2D eigenvalue weighted by Crippen LogP contribution is 2.22. The second-order valence-electron chi connectivity index (χ2n) is 5.62. The number of aryl methyl sites for hydroxylation is 1. The first-order valence-corrected chi connectivity index (χ1v) is 7.39. The Hall–Kier alpha value is -2.58. The molecule has 0 saturated carbocycles. The summed E-state index contributed by atoms with van der Waals surface area (Å²) in [5.41, 5.74) is 2.12. The molecule has 128 valence electrons. The Morgan fingerprint density at radius 3 is 2.75 bits per heavy atom. The summed E-state index contributed by atoms with van der Waals surface area (Å²) in [4.78, 5) is 17.7. The zero-order valence-corrected chi connectivity index (χ0v) is 13.0. The van der Waals surface area contributed by atoms with E-state index in [2.05, 4.69) is 10.1 Å². The Kier molecular flexibility index (Phi) is 4.16. The Morgan fingerprint density at radius 1 is 1.38 bits per heavy atom. The van der Waals surface area contributed by atoms with Gasteiger partial charge < -0.3 is 9.47 Å². The standard InChI is InChI=1S/C15H16F3N5O/c1-21-13(2-5-20-21)11-3-6-23(7-4-11)14(24)12-8-22(10-19-12)9-15(16,17)18/h2-3,5,8,10H,4,6-7,9H2,1H3. The molecule has 0 spiro atoms. The van der Waals surface area contributed by atoms with E-state index in [4.69, 9.17) is 0 Å². The van der Waals surface area contributed by atoms with Crippen LogP contribution in [0.4, 0.5) is 13.2 Å². The number of hydrogen-bond acceptors (Lipinski definition) is 3. The fourth-order valence-electron chi connectivity index (χ4n) is 2.70. The van der Waals surface area contributed by atoms with Crippen molar-refractivity contribution in [2.24, 2.45) is 7.05 Å². The average molecular weight is 339 g/mol. The normalized spacial score (nSPS) is 15.5. The summed E-state index contributed by atoms with van der Waals surface area (Å²) in [5.74, 6) is -0.365. The van der Waals surface area contributed by atoms with E-state index in [0.29, 0.717) is 19.5 Å². The van der Waals surface area contributed by atoms with Crippen LogP contribution < -0.4 is 0 Å². The minimum atomic E-state index is -4.34. The molecule has 1 aliphatic rings. The summed E-state index contributed by atoms with van der Waals surface area (Å²) in [6, 6.07) is 1.90. The first-order valence-electron chi connectivity index (χ1n) is 7.39. The van der Waals surface area contributed by atoms with Crippen molar-refractivity contribution in [2.45, 2.75) is 19.1 Å². The van der Waals surface area contributed by atoms with Crippen LogP contribution in [0, 0.1) is 0 Å². The highest BCUT2D eigenvalue weighted by Gasteiger charge is 2.29. The molecule has 3 heterocycles. The molecule has 9 heteroatoms. The number of hydrogen-bond donors (Lipinski definition) is 0. The van der Waals surface area contributed by atoms with Gasteiger partial charge in [-0.25, -0.2) is 4.98 Å². The summed E-state index contributed by atoms with van der Waals surface area (Å²) in [6.07, 6.45) is 2.13. The highest BCUT2D eigenvalue weighted by atomic mass is 19.4. The molecule has 0 radical (unpaired) electrons. The van der Waals surface area contributed by atoms with Gasteiger partial charge in [-0.05, 0) is 18.1 Å². The minimum absolute atomic E-state index is 0.0247. The van der Waals surface area contributed by atoms with Crippen LogP contribution in [-0.2, 0) is 13.6 Å². The third kappa shape index (κ3) is 3.50. The van der Waals surface area contributed by atoms with Gasteiger partial charge in [0.1, 0.15) is 12.2 Å². The Morgan fingerprint density at radius 2 is 2.17 bits per heavy atom. The molecule has 0 aliphatic carbocycles. The van der Waals surface area contributed by atoms with Gasteiger partial charge >= 0.3 is 6.18 Å². The second kappa shape index (κ2) is 6.14. The molecular weight excluding hydrogens is 323 g/mol. The maximum absolute atomic E-state index is 12.4. The van der Waals surface area contributed by atoms with E-state index >= 15 is 0 Å². The first kappa shape index (κ1) is 16.3. The van der Waals surface area contributed by atoms with Crippen LogP contribution >= 0.6 is 0 Å². The Balaban J connectivity index is 1.67. The smallest absolute Gasteiger partial charge is 0.333 e. The minimum Gasteiger partial charge on any atom is -0.333 e. The Bertz CT molecular complexity index is 774. The lowest BCUT2D eigenvalue weighted by Gasteiger charge is -2.25. The SMILES string of the molecule is Cn1nccc1C1=CCN(C(=O)c2cn(CC(F)(F)F)cn2)CC1. The second-order valence-corrected chi connectivity index (χ2v) is 5.62. The van der Waals surface area contributed by atoms with E-state index in [9.17, 15) is 18.0 Å². The molecule has 0 bridgehead atoms. The summed E-state index contributed by atoms with van der Waals surface area (Å²) < 4.78 is 39.7. The van der Waals surface area contributed by atoms with Crippen molar-refractivity contribution in [1.82, 2.24) is 24.2 Å². The Labute approximate surface area is 136 Å². The fourth-order valence-corrected chi connectivity index (χ4v) is 2.70. The van der Waals surface area contributed by atoms with Crippen molar-refractivity contribution >= 4 is 11.5 Å². The van der Waals surface area contributed by atoms with Crippen molar-refractivity contribution in [3.05, 3.63) is 42.3 Å². The van der Waals surface area contributed by atoms with E-state index in [1.807, 2.05) is 19.2 Å². The number of carbonyl (C=O) groups excluding carboxylic acids is 1. The van der Waals surface area contributed by atoms with Gasteiger partial charge in [-0.15, -0.1) is 0 Å². The van der Waals surface area contributed by atoms with E-state index in [-0.39, 0.29) is 11.6 Å². The molecule has 0 saturated heterocycles. The van der Waals surface area contributed by atoms with Crippen molar-refractivity contribution in [3.8, 4) is 0 Å². The summed E-state index contributed by atoms with van der Waals surface area (Å²) in [5, 5.41) is 4.12. The molecule has 2 aromatic rings. The highest BCUT2D eigenvalue weighted by molar-refractivity contribution is 5.92. The van der Waals surface area contributed by atoms with Gasteiger partial charge in [0, 0.05) is 32.5 Å². The molecule has 0 aromatic carbocycles. The largest absolute Gasteiger partial charge is 0.406 e. The number of imidazole rings is 1. The summed E-state index contributed by atoms with van der Waals surface area (Å²) in [7, 11) is 1.85. The van der Waals surface area contributed by atoms with Gasteiger partial charge in [-0.3, -0.25) is 9.48 Å². The van der Waals surface area contributed by atoms with Crippen LogP contribution in [0.15, 0.2) is 30.9 Å². The van der Waals surface area contributed by atoms with Crippen molar-refractivity contribution in [3.63, 3.8) is 0 Å². The van der Waals surface area contributed by atoms with Crippen LogP contribution in [-0.4, -0.2) is 49.4 Å². The quantitative estimate of drug-likeness (QED) is 0.861. The third-order valence-corrected chi connectivity index (χ3v) is 3.86. The predicted molar refractivity (Wildman–Crippen MR) is 80.0 cm³/mol. The first-order chi connectivity index (χ1) is 11.3. The molecule has 0 atom stereocenters. The lowest BCUT2D eigenvalue weighted by atomic mass is 10.0. The van der Waals surface area contributed by atoms with Gasteiger partial charge in [0.2, 0.25) is 0 Å². The van der Waals surface area contributed by atoms with Gasteiger partial charge in [0.15, 0.2) is 0 Å². The number of amides is 1. The number of aromatic nitrogens is 4. The van der Waals surface area contributed by atoms with Gasteiger partial charge in [0.05, 0.1) is 12.0 Å². The molecule has 0 unspecified atom stereocenters. The number of nitrogens with zero attached hydrogens (tertiary/aromatic N) is 5. The molecule has 0 fully saturated rings. The monoisotopic (exact) mass is 339 g/mol. The van der Waals surface area contributed by atoms with Crippen molar-refractivity contribution in [2.75, 3.05) is 13.1 Å². The van der Waals surface area contributed by atoms with Gasteiger partial charge in [-0.2, -0.15) is 18.3 Å². The molecule has 1 amide bonds. The average Bonchev–Trinajstić information content (AvgIpc) is 3.14. The molecule has 0 N–H and O–H groups in total. The summed E-state index contributed by atoms with van der Waals surface area (Å²) >= 11 is 0. The maximum atomic E-state index is 12.4. The number of rotatable bonds is 3. The van der Waals surface area contributed by atoms with Crippen LogP contribution in [0.2, 0.25) is 0 Å². The van der Waals surface area contributed by atoms with E-state index in [0.717, 1.165) is 28.4 Å². The van der Waals surface area contributed by atoms with E-state index < -0.39 is 12.7 Å². The molecule has 24 heavy (non-hydrogen) atoms.